The van der Waals surface area contributed by atoms with E-state index in [0.717, 1.165) is 23.3 Å². The fourth-order valence-electron chi connectivity index (χ4n) is 2.45. The minimum Gasteiger partial charge on any atom is -0.322 e. The fraction of sp³-hybridized carbons (Fsp3) is 0.105. The maximum absolute atomic E-state index is 13.7. The monoisotopic (exact) mass is 372 g/mol. The third kappa shape index (κ3) is 3.89. The molecule has 1 amide bonds. The summed E-state index contributed by atoms with van der Waals surface area (Å²) in [5.41, 5.74) is 2.40. The minimum atomic E-state index is -1.59. The van der Waals surface area contributed by atoms with Crippen LogP contribution in [0.5, 0.6) is 0 Å². The molecule has 0 saturated carbocycles. The number of amides is 1. The maximum atomic E-state index is 13.7. The molecule has 0 radical (unpaired) electrons. The van der Waals surface area contributed by atoms with E-state index < -0.39 is 23.4 Å². The van der Waals surface area contributed by atoms with E-state index in [-0.39, 0.29) is 17.2 Å². The zero-order valence-corrected chi connectivity index (χ0v) is 14.5. The van der Waals surface area contributed by atoms with E-state index >= 15 is 0 Å². The van der Waals surface area contributed by atoms with Gasteiger partial charge in [-0.05, 0) is 37.1 Å². The van der Waals surface area contributed by atoms with Crippen LogP contribution in [0, 0.1) is 31.3 Å². The van der Waals surface area contributed by atoms with Crippen LogP contribution >= 0.6 is 0 Å². The molecular formula is C19H15F3N4O. The van der Waals surface area contributed by atoms with Gasteiger partial charge in [0.1, 0.15) is 0 Å². The van der Waals surface area contributed by atoms with Crippen molar-refractivity contribution < 1.29 is 18.0 Å². The second-order valence-corrected chi connectivity index (χ2v) is 5.86. The van der Waals surface area contributed by atoms with Gasteiger partial charge < -0.3 is 10.6 Å². The van der Waals surface area contributed by atoms with Gasteiger partial charge in [-0.1, -0.05) is 18.2 Å². The Balaban J connectivity index is 1.75. The highest BCUT2D eigenvalue weighted by Crippen LogP contribution is 2.22. The summed E-state index contributed by atoms with van der Waals surface area (Å²) in [6.07, 6.45) is 2.49. The lowest BCUT2D eigenvalue weighted by atomic mass is 10.1. The second-order valence-electron chi connectivity index (χ2n) is 5.86. The number of anilines is 3. The van der Waals surface area contributed by atoms with Crippen LogP contribution in [0.25, 0.3) is 0 Å². The summed E-state index contributed by atoms with van der Waals surface area (Å²) in [7, 11) is 0. The van der Waals surface area contributed by atoms with Crippen LogP contribution in [0.3, 0.4) is 0 Å². The first-order valence-corrected chi connectivity index (χ1v) is 7.97. The van der Waals surface area contributed by atoms with Gasteiger partial charge in [-0.3, -0.25) is 4.79 Å². The first-order valence-electron chi connectivity index (χ1n) is 7.97. The van der Waals surface area contributed by atoms with E-state index in [1.54, 1.807) is 0 Å². The molecule has 5 nitrogen and oxygen atoms in total. The Morgan fingerprint density at radius 2 is 1.56 bits per heavy atom. The van der Waals surface area contributed by atoms with Crippen LogP contribution in [0.15, 0.2) is 42.7 Å². The average molecular weight is 372 g/mol. The van der Waals surface area contributed by atoms with E-state index in [4.69, 9.17) is 0 Å². The van der Waals surface area contributed by atoms with Crippen LogP contribution < -0.4 is 10.6 Å². The number of aromatic nitrogens is 2. The normalized spacial score (nSPS) is 10.6. The molecule has 2 aromatic carbocycles. The van der Waals surface area contributed by atoms with Gasteiger partial charge in [-0.25, -0.2) is 23.1 Å². The Morgan fingerprint density at radius 3 is 2.19 bits per heavy atom. The second kappa shape index (κ2) is 7.45. The number of nitrogens with zero attached hydrogens (tertiary/aromatic N) is 2. The molecule has 0 atom stereocenters. The highest BCUT2D eigenvalue weighted by molar-refractivity contribution is 6.04. The van der Waals surface area contributed by atoms with E-state index in [1.165, 1.54) is 12.4 Å². The van der Waals surface area contributed by atoms with Crippen molar-refractivity contribution in [2.75, 3.05) is 10.6 Å². The van der Waals surface area contributed by atoms with Gasteiger partial charge in [0.05, 0.1) is 11.3 Å². The van der Waals surface area contributed by atoms with Crippen LogP contribution in [-0.2, 0) is 0 Å². The van der Waals surface area contributed by atoms with Gasteiger partial charge in [-0.15, -0.1) is 0 Å². The molecule has 1 aromatic heterocycles. The molecule has 3 aromatic rings. The van der Waals surface area contributed by atoms with Crippen molar-refractivity contribution in [2.45, 2.75) is 13.8 Å². The molecule has 0 aliphatic rings. The topological polar surface area (TPSA) is 66.9 Å². The summed E-state index contributed by atoms with van der Waals surface area (Å²) < 4.78 is 39.9. The Morgan fingerprint density at radius 1 is 0.926 bits per heavy atom. The zero-order valence-electron chi connectivity index (χ0n) is 14.5. The third-order valence-corrected chi connectivity index (χ3v) is 3.92. The number of carbonyl (C=O) groups excluding carboxylic acids is 1. The van der Waals surface area contributed by atoms with E-state index in [9.17, 15) is 18.0 Å². The molecule has 0 spiro atoms. The van der Waals surface area contributed by atoms with E-state index in [0.29, 0.717) is 5.69 Å². The number of para-hydroxylation sites is 1. The molecular weight excluding hydrogens is 357 g/mol. The first-order chi connectivity index (χ1) is 12.9. The lowest BCUT2D eigenvalue weighted by Crippen LogP contribution is -2.14. The summed E-state index contributed by atoms with van der Waals surface area (Å²) in [5.74, 6) is -4.74. The van der Waals surface area contributed by atoms with Crippen LogP contribution in [-0.4, -0.2) is 15.9 Å². The van der Waals surface area contributed by atoms with Crippen LogP contribution in [0.2, 0.25) is 0 Å². The Kier molecular flexibility index (Phi) is 5.07. The Labute approximate surface area is 153 Å². The average Bonchev–Trinajstić information content (AvgIpc) is 2.66. The lowest BCUT2D eigenvalue weighted by molar-refractivity contribution is 0.102. The summed E-state index contributed by atoms with van der Waals surface area (Å²) >= 11 is 0. The minimum absolute atomic E-state index is 0.0662. The number of hydrogen-bond donors (Lipinski definition) is 2. The molecule has 27 heavy (non-hydrogen) atoms. The smallest absolute Gasteiger partial charge is 0.258 e. The summed E-state index contributed by atoms with van der Waals surface area (Å²) in [6, 6.07) is 7.46. The molecule has 0 aliphatic carbocycles. The van der Waals surface area contributed by atoms with Crippen molar-refractivity contribution in [1.29, 1.82) is 0 Å². The van der Waals surface area contributed by atoms with Crippen LogP contribution in [0.4, 0.5) is 30.5 Å². The molecule has 1 heterocycles. The fourth-order valence-corrected chi connectivity index (χ4v) is 2.45. The zero-order chi connectivity index (χ0) is 19.6. The number of rotatable bonds is 4. The van der Waals surface area contributed by atoms with Crippen molar-refractivity contribution in [3.63, 3.8) is 0 Å². The number of halogens is 3. The third-order valence-electron chi connectivity index (χ3n) is 3.92. The quantitative estimate of drug-likeness (QED) is 0.662. The predicted octanol–water partition coefficient (Wildman–Crippen LogP) is 4.51. The van der Waals surface area contributed by atoms with E-state index in [1.807, 2.05) is 32.0 Å². The van der Waals surface area contributed by atoms with Crippen LogP contribution in [0.1, 0.15) is 21.5 Å². The summed E-state index contributed by atoms with van der Waals surface area (Å²) in [5, 5.41) is 5.23. The first kappa shape index (κ1) is 18.4. The highest BCUT2D eigenvalue weighted by Gasteiger charge is 2.15. The summed E-state index contributed by atoms with van der Waals surface area (Å²) in [6.45, 7) is 3.75. The molecule has 2 N–H and O–H groups in total. The highest BCUT2D eigenvalue weighted by atomic mass is 19.2. The van der Waals surface area contributed by atoms with E-state index in [2.05, 4.69) is 20.6 Å². The van der Waals surface area contributed by atoms with Crippen molar-refractivity contribution in [1.82, 2.24) is 9.97 Å². The molecule has 0 fully saturated rings. The summed E-state index contributed by atoms with van der Waals surface area (Å²) in [4.78, 5) is 20.2. The number of benzene rings is 2. The van der Waals surface area contributed by atoms with Crippen molar-refractivity contribution in [2.24, 2.45) is 0 Å². The van der Waals surface area contributed by atoms with Gasteiger partial charge in [-0.2, -0.15) is 0 Å². The SMILES string of the molecule is Cc1cccc(C)c1NC(=O)c1cnc(Nc2ccc(F)c(F)c2F)nc1. The number of nitrogens with one attached hydrogen (secondary N) is 2. The maximum Gasteiger partial charge on any atom is 0.258 e. The molecule has 0 saturated heterocycles. The van der Waals surface area contributed by atoms with Crippen molar-refractivity contribution >= 4 is 23.2 Å². The van der Waals surface area contributed by atoms with Crippen molar-refractivity contribution in [3.05, 3.63) is 76.9 Å². The molecule has 0 aliphatic heterocycles. The Hall–Kier alpha value is -3.42. The number of hydrogen-bond acceptors (Lipinski definition) is 4. The van der Waals surface area contributed by atoms with Gasteiger partial charge in [0.2, 0.25) is 5.95 Å². The van der Waals surface area contributed by atoms with Gasteiger partial charge in [0.15, 0.2) is 17.5 Å². The molecule has 138 valence electrons. The number of carbonyl (C=O) groups is 1. The molecule has 3 rings (SSSR count). The van der Waals surface area contributed by atoms with Gasteiger partial charge in [0, 0.05) is 18.1 Å². The lowest BCUT2D eigenvalue weighted by Gasteiger charge is -2.11. The van der Waals surface area contributed by atoms with Gasteiger partial charge >= 0.3 is 0 Å². The van der Waals surface area contributed by atoms with Gasteiger partial charge in [0.25, 0.3) is 5.91 Å². The molecule has 8 heteroatoms. The molecule has 0 unspecified atom stereocenters. The standard InChI is InChI=1S/C19H15F3N4O/c1-10-4-3-5-11(2)17(10)26-18(27)12-8-23-19(24-9-12)25-14-7-6-13(20)15(21)16(14)22/h3-9H,1-2H3,(H,26,27)(H,23,24,25). The number of aryl methyl sites for hydroxylation is 2. The van der Waals surface area contributed by atoms with Crippen molar-refractivity contribution in [3.8, 4) is 0 Å². The predicted molar refractivity (Wildman–Crippen MR) is 95.5 cm³/mol. The Bertz CT molecular complexity index is 986. The largest absolute Gasteiger partial charge is 0.322 e. The molecule has 0 bridgehead atoms.